The number of benzene rings is 2. The molecule has 10 heteroatoms. The fourth-order valence-corrected chi connectivity index (χ4v) is 2.15. The van der Waals surface area contributed by atoms with Gasteiger partial charge in [-0.2, -0.15) is 0 Å². The van der Waals surface area contributed by atoms with E-state index >= 15 is 0 Å². The van der Waals surface area contributed by atoms with Gasteiger partial charge in [0.1, 0.15) is 24.4 Å². The van der Waals surface area contributed by atoms with Crippen molar-refractivity contribution in [2.45, 2.75) is 24.4 Å². The summed E-state index contributed by atoms with van der Waals surface area (Å²) in [6, 6.07) is 10.5. The van der Waals surface area contributed by atoms with Crippen LogP contribution in [0.1, 0.15) is 11.1 Å². The third-order valence-corrected chi connectivity index (χ3v) is 3.93. The number of hydrogen-bond donors (Lipinski definition) is 9. The summed E-state index contributed by atoms with van der Waals surface area (Å²) in [6.07, 6.45) is -3.59. The topological polar surface area (TPSA) is 199 Å². The number of aromatic hydroxyl groups is 4. The molecule has 0 saturated carbocycles. The maximum atomic E-state index is 9.90. The first kappa shape index (κ1) is 24.9. The zero-order valence-electron chi connectivity index (χ0n) is 15.6. The second kappa shape index (κ2) is 11.8. The molecule has 30 heavy (non-hydrogen) atoms. The van der Waals surface area contributed by atoms with Crippen LogP contribution in [0.2, 0.25) is 0 Å². The molecule has 0 bridgehead atoms. The van der Waals surface area contributed by atoms with Crippen LogP contribution in [-0.4, -0.2) is 83.3 Å². The molecule has 0 spiro atoms. The Morgan fingerprint density at radius 1 is 0.800 bits per heavy atom. The summed E-state index contributed by atoms with van der Waals surface area (Å²) in [4.78, 5) is 9.90. The van der Waals surface area contributed by atoms with Gasteiger partial charge in [-0.3, -0.25) is 0 Å². The highest BCUT2D eigenvalue weighted by Gasteiger charge is 2.29. The van der Waals surface area contributed by atoms with E-state index in [-0.39, 0.29) is 11.8 Å². The predicted molar refractivity (Wildman–Crippen MR) is 106 cm³/mol. The van der Waals surface area contributed by atoms with Gasteiger partial charge in [-0.25, -0.2) is 0 Å². The molecule has 4 atom stereocenters. The fraction of sp³-hybridized carbons (Fsp3) is 0.250. The Balaban J connectivity index is 0.000000329. The van der Waals surface area contributed by atoms with Crippen LogP contribution in [0, 0.1) is 0 Å². The summed E-state index contributed by atoms with van der Waals surface area (Å²) in [7, 11) is 0. The van der Waals surface area contributed by atoms with Gasteiger partial charge in [0, 0.05) is 5.56 Å². The van der Waals surface area contributed by atoms with E-state index in [1.165, 1.54) is 12.1 Å². The van der Waals surface area contributed by atoms with Crippen LogP contribution in [0.25, 0.3) is 12.2 Å². The summed E-state index contributed by atoms with van der Waals surface area (Å²) >= 11 is 0. The Morgan fingerprint density at radius 2 is 1.40 bits per heavy atom. The van der Waals surface area contributed by atoms with Gasteiger partial charge in [0.15, 0.2) is 17.8 Å². The monoisotopic (exact) mass is 424 g/mol. The van der Waals surface area contributed by atoms with Gasteiger partial charge in [0.05, 0.1) is 6.61 Å². The predicted octanol–water partition coefficient (Wildman–Crippen LogP) is -0.699. The number of carbonyl (C=O) groups excluding carboxylic acids is 1. The van der Waals surface area contributed by atoms with Crippen LogP contribution in [0.15, 0.2) is 36.4 Å². The summed E-state index contributed by atoms with van der Waals surface area (Å²) in [5.41, 5.74) is 1.12. The molecular weight excluding hydrogens is 400 g/mol. The Labute approximate surface area is 171 Å². The summed E-state index contributed by atoms with van der Waals surface area (Å²) in [6.45, 7) is -0.760. The van der Waals surface area contributed by atoms with Crippen LogP contribution in [0.5, 0.6) is 23.0 Å². The molecule has 0 amide bonds. The third-order valence-electron chi connectivity index (χ3n) is 3.93. The smallest absolute Gasteiger partial charge is 0.204 e. The van der Waals surface area contributed by atoms with E-state index in [2.05, 4.69) is 0 Å². The van der Waals surface area contributed by atoms with Crippen molar-refractivity contribution in [1.82, 2.24) is 0 Å². The zero-order valence-corrected chi connectivity index (χ0v) is 15.6. The van der Waals surface area contributed by atoms with Crippen molar-refractivity contribution in [3.8, 4) is 23.0 Å². The SMILES string of the molecule is O=CC(O)C(O)C(O)C(O)CO.Oc1cc(C=Cc2ccccc2)c(O)c(O)c1O. The average molecular weight is 424 g/mol. The van der Waals surface area contributed by atoms with E-state index in [1.54, 1.807) is 6.08 Å². The van der Waals surface area contributed by atoms with Crippen molar-refractivity contribution >= 4 is 18.4 Å². The lowest BCUT2D eigenvalue weighted by molar-refractivity contribution is -0.136. The van der Waals surface area contributed by atoms with Gasteiger partial charge in [-0.15, -0.1) is 0 Å². The maximum absolute atomic E-state index is 9.90. The van der Waals surface area contributed by atoms with Gasteiger partial charge in [0.25, 0.3) is 0 Å². The van der Waals surface area contributed by atoms with E-state index in [9.17, 15) is 25.2 Å². The molecule has 0 aliphatic heterocycles. The zero-order chi connectivity index (χ0) is 22.8. The first-order valence-corrected chi connectivity index (χ1v) is 8.62. The van der Waals surface area contributed by atoms with Gasteiger partial charge in [-0.1, -0.05) is 42.5 Å². The highest BCUT2D eigenvalue weighted by molar-refractivity contribution is 5.76. The normalized spacial score (nSPS) is 15.0. The Hall–Kier alpha value is -3.15. The molecule has 0 aromatic heterocycles. The number of hydrogen-bond acceptors (Lipinski definition) is 10. The largest absolute Gasteiger partial charge is 0.504 e. The summed E-state index contributed by atoms with van der Waals surface area (Å²) in [5.74, 6) is -2.43. The van der Waals surface area contributed by atoms with E-state index < -0.39 is 54.0 Å². The minimum absolute atomic E-state index is 0.0258. The molecule has 0 fully saturated rings. The lowest BCUT2D eigenvalue weighted by Gasteiger charge is -2.22. The molecule has 2 rings (SSSR count). The van der Waals surface area contributed by atoms with Crippen molar-refractivity contribution in [3.05, 3.63) is 47.5 Å². The number of aliphatic hydroxyl groups excluding tert-OH is 5. The molecule has 0 aliphatic carbocycles. The van der Waals surface area contributed by atoms with Crippen LogP contribution < -0.4 is 0 Å². The maximum Gasteiger partial charge on any atom is 0.204 e. The molecule has 9 N–H and O–H groups in total. The average Bonchev–Trinajstić information content (AvgIpc) is 2.78. The van der Waals surface area contributed by atoms with Gasteiger partial charge in [-0.05, 0) is 11.6 Å². The van der Waals surface area contributed by atoms with Crippen molar-refractivity contribution < 1.29 is 50.8 Å². The van der Waals surface area contributed by atoms with Crippen LogP contribution >= 0.6 is 0 Å². The lowest BCUT2D eigenvalue weighted by atomic mass is 10.0. The number of phenols is 4. The highest BCUT2D eigenvalue weighted by Crippen LogP contribution is 2.44. The van der Waals surface area contributed by atoms with Crippen molar-refractivity contribution in [2.24, 2.45) is 0 Å². The summed E-state index contributed by atoms with van der Waals surface area (Å²) in [5, 5.41) is 81.1. The molecule has 0 heterocycles. The van der Waals surface area contributed by atoms with E-state index in [0.29, 0.717) is 0 Å². The van der Waals surface area contributed by atoms with E-state index in [1.807, 2.05) is 30.3 Å². The molecule has 10 nitrogen and oxygen atoms in total. The number of phenolic OH excluding ortho intramolecular Hbond substituents is 4. The van der Waals surface area contributed by atoms with Crippen molar-refractivity contribution in [3.63, 3.8) is 0 Å². The molecule has 0 aliphatic rings. The van der Waals surface area contributed by atoms with E-state index in [4.69, 9.17) is 25.5 Å². The minimum atomic E-state index is -1.79. The standard InChI is InChI=1S/C14H12O4.C6H12O6/c15-11-8-10(12(16)14(18)13(11)17)7-6-9-4-2-1-3-5-9;7-1-3(9)5(11)6(12)4(10)2-8/h1-8,15-18H;1,3-6,8-12H,2H2. The molecule has 4 unspecified atom stereocenters. The quantitative estimate of drug-likeness (QED) is 0.118. The first-order valence-electron chi connectivity index (χ1n) is 8.62. The molecule has 0 radical (unpaired) electrons. The molecule has 2 aromatic carbocycles. The lowest BCUT2D eigenvalue weighted by Crippen LogP contribution is -2.46. The second-order valence-corrected chi connectivity index (χ2v) is 6.13. The molecule has 0 saturated heterocycles. The highest BCUT2D eigenvalue weighted by atomic mass is 16.4. The number of aldehydes is 1. The Morgan fingerprint density at radius 3 is 1.93 bits per heavy atom. The van der Waals surface area contributed by atoms with Crippen LogP contribution in [0.3, 0.4) is 0 Å². The van der Waals surface area contributed by atoms with Crippen LogP contribution in [0.4, 0.5) is 0 Å². The van der Waals surface area contributed by atoms with Gasteiger partial charge < -0.3 is 50.8 Å². The Bertz CT molecular complexity index is 837. The van der Waals surface area contributed by atoms with Crippen LogP contribution in [-0.2, 0) is 4.79 Å². The first-order chi connectivity index (χ1) is 14.1. The van der Waals surface area contributed by atoms with Gasteiger partial charge >= 0.3 is 0 Å². The van der Waals surface area contributed by atoms with Gasteiger partial charge in [0.2, 0.25) is 11.5 Å². The fourth-order valence-electron chi connectivity index (χ4n) is 2.15. The number of carbonyl (C=O) groups is 1. The Kier molecular flexibility index (Phi) is 9.75. The summed E-state index contributed by atoms with van der Waals surface area (Å²) < 4.78 is 0. The number of rotatable bonds is 7. The minimum Gasteiger partial charge on any atom is -0.504 e. The third kappa shape index (κ3) is 6.72. The molecular formula is C20H24O10. The molecule has 164 valence electrons. The van der Waals surface area contributed by atoms with Crippen molar-refractivity contribution in [1.29, 1.82) is 0 Å². The van der Waals surface area contributed by atoms with E-state index in [0.717, 1.165) is 5.56 Å². The molecule has 2 aromatic rings. The second-order valence-electron chi connectivity index (χ2n) is 6.13. The number of aliphatic hydroxyl groups is 5. The van der Waals surface area contributed by atoms with Crippen molar-refractivity contribution in [2.75, 3.05) is 6.61 Å².